The number of carbonyl (C=O) groups is 3. The summed E-state index contributed by atoms with van der Waals surface area (Å²) in [5, 5.41) is 14.0. The SMILES string of the molecule is CC(CCC(=O)O)CNC(=O)CCNC(=O)C(C)(C)C. The van der Waals surface area contributed by atoms with Crippen molar-refractivity contribution in [1.29, 1.82) is 0 Å². The molecule has 0 bridgehead atoms. The summed E-state index contributed by atoms with van der Waals surface area (Å²) in [7, 11) is 0. The predicted molar refractivity (Wildman–Crippen MR) is 76.1 cm³/mol. The minimum Gasteiger partial charge on any atom is -0.481 e. The molecule has 0 aliphatic rings. The summed E-state index contributed by atoms with van der Waals surface area (Å²) in [5.41, 5.74) is -0.457. The lowest BCUT2D eigenvalue weighted by molar-refractivity contribution is -0.137. The van der Waals surface area contributed by atoms with Crippen LogP contribution >= 0.6 is 0 Å². The second kappa shape index (κ2) is 8.55. The fraction of sp³-hybridized carbons (Fsp3) is 0.786. The van der Waals surface area contributed by atoms with E-state index in [1.165, 1.54) is 0 Å². The molecule has 0 saturated carbocycles. The molecule has 0 aliphatic heterocycles. The first kappa shape index (κ1) is 18.4. The molecule has 0 radical (unpaired) electrons. The normalized spacial score (nSPS) is 12.6. The van der Waals surface area contributed by atoms with Crippen LogP contribution in [0.4, 0.5) is 0 Å². The van der Waals surface area contributed by atoms with Crippen molar-refractivity contribution in [2.75, 3.05) is 13.1 Å². The molecule has 0 aromatic heterocycles. The van der Waals surface area contributed by atoms with Gasteiger partial charge in [-0.15, -0.1) is 0 Å². The lowest BCUT2D eigenvalue weighted by Gasteiger charge is -2.17. The molecule has 0 spiro atoms. The number of carbonyl (C=O) groups excluding carboxylic acids is 2. The van der Waals surface area contributed by atoms with E-state index in [0.29, 0.717) is 19.5 Å². The summed E-state index contributed by atoms with van der Waals surface area (Å²) in [6.45, 7) is 8.10. The van der Waals surface area contributed by atoms with Gasteiger partial charge in [0.25, 0.3) is 0 Å². The van der Waals surface area contributed by atoms with Crippen molar-refractivity contribution in [2.24, 2.45) is 11.3 Å². The van der Waals surface area contributed by atoms with Gasteiger partial charge < -0.3 is 15.7 Å². The van der Waals surface area contributed by atoms with Crippen molar-refractivity contribution >= 4 is 17.8 Å². The van der Waals surface area contributed by atoms with Gasteiger partial charge in [-0.05, 0) is 12.3 Å². The maximum absolute atomic E-state index is 11.6. The highest BCUT2D eigenvalue weighted by molar-refractivity contribution is 5.82. The van der Waals surface area contributed by atoms with Crippen molar-refractivity contribution in [3.63, 3.8) is 0 Å². The molecule has 116 valence electrons. The lowest BCUT2D eigenvalue weighted by Crippen LogP contribution is -2.37. The van der Waals surface area contributed by atoms with Crippen LogP contribution in [0, 0.1) is 11.3 Å². The molecule has 1 unspecified atom stereocenters. The fourth-order valence-electron chi connectivity index (χ4n) is 1.40. The van der Waals surface area contributed by atoms with Crippen LogP contribution in [0.2, 0.25) is 0 Å². The number of aliphatic carboxylic acids is 1. The van der Waals surface area contributed by atoms with Crippen LogP contribution in [0.25, 0.3) is 0 Å². The third kappa shape index (κ3) is 9.35. The quantitative estimate of drug-likeness (QED) is 0.624. The van der Waals surface area contributed by atoms with Gasteiger partial charge >= 0.3 is 5.97 Å². The van der Waals surface area contributed by atoms with Crippen LogP contribution < -0.4 is 10.6 Å². The Bertz CT molecular complexity index is 348. The summed E-state index contributed by atoms with van der Waals surface area (Å²) >= 11 is 0. The monoisotopic (exact) mass is 286 g/mol. The highest BCUT2D eigenvalue weighted by Gasteiger charge is 2.20. The average Bonchev–Trinajstić information content (AvgIpc) is 2.32. The molecular weight excluding hydrogens is 260 g/mol. The molecule has 0 aliphatic carbocycles. The fourth-order valence-corrected chi connectivity index (χ4v) is 1.40. The highest BCUT2D eigenvalue weighted by atomic mass is 16.4. The zero-order valence-corrected chi connectivity index (χ0v) is 12.8. The summed E-state index contributed by atoms with van der Waals surface area (Å²) in [5.74, 6) is -0.922. The van der Waals surface area contributed by atoms with Gasteiger partial charge in [0.15, 0.2) is 0 Å². The number of nitrogens with one attached hydrogen (secondary N) is 2. The standard InChI is InChI=1S/C14H26N2O4/c1-10(5-6-12(18)19)9-16-11(17)7-8-15-13(20)14(2,3)4/h10H,5-9H2,1-4H3,(H,15,20)(H,16,17)(H,18,19). The smallest absolute Gasteiger partial charge is 0.303 e. The molecule has 6 heteroatoms. The van der Waals surface area contributed by atoms with Gasteiger partial charge in [0, 0.05) is 31.3 Å². The maximum Gasteiger partial charge on any atom is 0.303 e. The minimum absolute atomic E-state index is 0.0832. The van der Waals surface area contributed by atoms with Gasteiger partial charge in [0.1, 0.15) is 0 Å². The maximum atomic E-state index is 11.6. The van der Waals surface area contributed by atoms with Crippen LogP contribution in [0.3, 0.4) is 0 Å². The van der Waals surface area contributed by atoms with E-state index in [4.69, 9.17) is 5.11 Å². The second-order valence-corrected chi connectivity index (χ2v) is 6.10. The predicted octanol–water partition coefficient (Wildman–Crippen LogP) is 1.16. The summed E-state index contributed by atoms with van der Waals surface area (Å²) in [6.07, 6.45) is 0.878. The first-order valence-electron chi connectivity index (χ1n) is 6.89. The lowest BCUT2D eigenvalue weighted by atomic mass is 9.96. The Morgan fingerprint density at radius 3 is 2.20 bits per heavy atom. The third-order valence-electron chi connectivity index (χ3n) is 2.82. The molecule has 0 saturated heterocycles. The molecule has 0 rings (SSSR count). The Morgan fingerprint density at radius 2 is 1.70 bits per heavy atom. The van der Waals surface area contributed by atoms with Gasteiger partial charge in [-0.2, -0.15) is 0 Å². The van der Waals surface area contributed by atoms with Crippen molar-refractivity contribution < 1.29 is 19.5 Å². The minimum atomic E-state index is -0.826. The Labute approximate surface area is 120 Å². The topological polar surface area (TPSA) is 95.5 Å². The molecule has 0 aromatic rings. The summed E-state index contributed by atoms with van der Waals surface area (Å²) in [6, 6.07) is 0. The molecule has 3 N–H and O–H groups in total. The summed E-state index contributed by atoms with van der Waals surface area (Å²) in [4.78, 5) is 33.5. The van der Waals surface area contributed by atoms with Crippen molar-refractivity contribution in [3.8, 4) is 0 Å². The molecule has 2 amide bonds. The van der Waals surface area contributed by atoms with Gasteiger partial charge in [-0.1, -0.05) is 27.7 Å². The van der Waals surface area contributed by atoms with E-state index in [0.717, 1.165) is 0 Å². The van der Waals surface area contributed by atoms with Gasteiger partial charge in [-0.3, -0.25) is 14.4 Å². The molecule has 1 atom stereocenters. The largest absolute Gasteiger partial charge is 0.481 e. The van der Waals surface area contributed by atoms with Crippen LogP contribution in [0.5, 0.6) is 0 Å². The average molecular weight is 286 g/mol. The zero-order valence-electron chi connectivity index (χ0n) is 12.8. The Morgan fingerprint density at radius 1 is 1.10 bits per heavy atom. The van der Waals surface area contributed by atoms with Crippen molar-refractivity contribution in [2.45, 2.75) is 47.0 Å². The van der Waals surface area contributed by atoms with Crippen LogP contribution in [-0.2, 0) is 14.4 Å². The van der Waals surface area contributed by atoms with E-state index in [1.54, 1.807) is 0 Å². The van der Waals surface area contributed by atoms with E-state index in [-0.39, 0.29) is 30.6 Å². The second-order valence-electron chi connectivity index (χ2n) is 6.10. The highest BCUT2D eigenvalue weighted by Crippen LogP contribution is 2.12. The number of amides is 2. The number of carboxylic acids is 1. The van der Waals surface area contributed by atoms with E-state index >= 15 is 0 Å². The van der Waals surface area contributed by atoms with Crippen molar-refractivity contribution in [3.05, 3.63) is 0 Å². The number of hydrogen-bond donors (Lipinski definition) is 3. The molecule has 0 aromatic carbocycles. The van der Waals surface area contributed by atoms with Crippen LogP contribution in [0.15, 0.2) is 0 Å². The Hall–Kier alpha value is -1.59. The first-order chi connectivity index (χ1) is 9.12. The van der Waals surface area contributed by atoms with Gasteiger partial charge in [0.05, 0.1) is 0 Å². The number of carboxylic acid groups (broad SMARTS) is 1. The van der Waals surface area contributed by atoms with Crippen molar-refractivity contribution in [1.82, 2.24) is 10.6 Å². The molecule has 0 heterocycles. The molecule has 0 fully saturated rings. The van der Waals surface area contributed by atoms with E-state index in [2.05, 4.69) is 10.6 Å². The Kier molecular flexibility index (Phi) is 7.87. The van der Waals surface area contributed by atoms with E-state index in [9.17, 15) is 14.4 Å². The van der Waals surface area contributed by atoms with Crippen LogP contribution in [0.1, 0.15) is 47.0 Å². The van der Waals surface area contributed by atoms with E-state index < -0.39 is 11.4 Å². The first-order valence-corrected chi connectivity index (χ1v) is 6.89. The Balaban J connectivity index is 3.74. The number of rotatable bonds is 8. The molecule has 6 nitrogen and oxygen atoms in total. The van der Waals surface area contributed by atoms with Gasteiger partial charge in [-0.25, -0.2) is 0 Å². The third-order valence-corrected chi connectivity index (χ3v) is 2.82. The summed E-state index contributed by atoms with van der Waals surface area (Å²) < 4.78 is 0. The molecular formula is C14H26N2O4. The number of hydrogen-bond acceptors (Lipinski definition) is 3. The molecule has 20 heavy (non-hydrogen) atoms. The van der Waals surface area contributed by atoms with E-state index in [1.807, 2.05) is 27.7 Å². The zero-order chi connectivity index (χ0) is 15.8. The van der Waals surface area contributed by atoms with Crippen LogP contribution in [-0.4, -0.2) is 36.0 Å². The van der Waals surface area contributed by atoms with Gasteiger partial charge in [0.2, 0.25) is 11.8 Å².